The minimum absolute atomic E-state index is 0.0741. The molecule has 126 valence electrons. The third-order valence-electron chi connectivity index (χ3n) is 4.35. The molecule has 0 aliphatic carbocycles. The monoisotopic (exact) mass is 341 g/mol. The summed E-state index contributed by atoms with van der Waals surface area (Å²) in [5, 5.41) is 2.96. The van der Waals surface area contributed by atoms with Crippen molar-refractivity contribution >= 4 is 29.0 Å². The van der Waals surface area contributed by atoms with E-state index in [1.54, 1.807) is 11.8 Å². The number of hydrogen-bond acceptors (Lipinski definition) is 4. The molecule has 2 aromatic rings. The van der Waals surface area contributed by atoms with Crippen molar-refractivity contribution in [3.8, 4) is 0 Å². The molecule has 2 aromatic carbocycles. The summed E-state index contributed by atoms with van der Waals surface area (Å²) in [7, 11) is 2.15. The lowest BCUT2D eigenvalue weighted by atomic mass is 10.2. The Balaban J connectivity index is 1.62. The minimum Gasteiger partial charge on any atom is -0.369 e. The van der Waals surface area contributed by atoms with Crippen molar-refractivity contribution in [3.05, 3.63) is 54.1 Å². The van der Waals surface area contributed by atoms with E-state index in [0.29, 0.717) is 5.56 Å². The van der Waals surface area contributed by atoms with Crippen molar-refractivity contribution in [3.63, 3.8) is 0 Å². The van der Waals surface area contributed by atoms with Gasteiger partial charge >= 0.3 is 0 Å². The molecular formula is C19H23N3OS. The number of nitrogens with zero attached hydrogens (tertiary/aromatic N) is 2. The van der Waals surface area contributed by atoms with Crippen molar-refractivity contribution in [1.82, 2.24) is 4.90 Å². The predicted molar refractivity (Wildman–Crippen MR) is 102 cm³/mol. The zero-order chi connectivity index (χ0) is 16.9. The molecule has 24 heavy (non-hydrogen) atoms. The normalized spacial score (nSPS) is 15.3. The lowest BCUT2D eigenvalue weighted by Crippen LogP contribution is -2.44. The average Bonchev–Trinajstić information content (AvgIpc) is 2.63. The van der Waals surface area contributed by atoms with E-state index in [1.165, 1.54) is 5.69 Å². The van der Waals surface area contributed by atoms with E-state index in [1.807, 2.05) is 42.7 Å². The van der Waals surface area contributed by atoms with Crippen LogP contribution in [0.25, 0.3) is 0 Å². The molecule has 1 amide bonds. The summed E-state index contributed by atoms with van der Waals surface area (Å²) in [5.74, 6) is -0.0741. The Kier molecular flexibility index (Phi) is 5.43. The van der Waals surface area contributed by atoms with E-state index >= 15 is 0 Å². The Bertz CT molecular complexity index is 677. The molecule has 1 aliphatic rings. The van der Waals surface area contributed by atoms with Crippen LogP contribution in [0, 0.1) is 0 Å². The van der Waals surface area contributed by atoms with Gasteiger partial charge in [0.25, 0.3) is 5.91 Å². The van der Waals surface area contributed by atoms with Crippen molar-refractivity contribution in [2.24, 2.45) is 0 Å². The predicted octanol–water partition coefficient (Wildman–Crippen LogP) is 3.41. The molecule has 0 aromatic heterocycles. The van der Waals surface area contributed by atoms with Gasteiger partial charge < -0.3 is 15.1 Å². The third-order valence-corrected chi connectivity index (χ3v) is 5.09. The summed E-state index contributed by atoms with van der Waals surface area (Å²) in [5.41, 5.74) is 2.72. The van der Waals surface area contributed by atoms with Gasteiger partial charge in [0.1, 0.15) is 0 Å². The first-order valence-electron chi connectivity index (χ1n) is 8.14. The molecule has 1 N–H and O–H groups in total. The number of carbonyl (C=O) groups is 1. The Morgan fingerprint density at radius 3 is 2.17 bits per heavy atom. The average molecular weight is 341 g/mol. The molecular weight excluding hydrogens is 318 g/mol. The fourth-order valence-electron chi connectivity index (χ4n) is 2.77. The number of amides is 1. The maximum Gasteiger partial charge on any atom is 0.255 e. The van der Waals surface area contributed by atoms with Crippen molar-refractivity contribution in [2.75, 3.05) is 49.7 Å². The molecule has 3 rings (SSSR count). The Labute approximate surface area is 147 Å². The molecule has 1 heterocycles. The fraction of sp³-hybridized carbons (Fsp3) is 0.316. The summed E-state index contributed by atoms with van der Waals surface area (Å²) >= 11 is 1.67. The van der Waals surface area contributed by atoms with Gasteiger partial charge in [0.15, 0.2) is 0 Å². The summed E-state index contributed by atoms with van der Waals surface area (Å²) in [6.07, 6.45) is 2.02. The SMILES string of the molecule is CSc1ccc(C(=O)Nc2ccc(N3CCN(C)CC3)cc2)cc1. The third kappa shape index (κ3) is 4.10. The molecule has 0 radical (unpaired) electrons. The second-order valence-corrected chi connectivity index (χ2v) is 6.90. The van der Waals surface area contributed by atoms with Crippen LogP contribution in [0.3, 0.4) is 0 Å². The maximum atomic E-state index is 12.3. The van der Waals surface area contributed by atoms with Gasteiger partial charge in [-0.2, -0.15) is 0 Å². The first-order valence-corrected chi connectivity index (χ1v) is 9.37. The summed E-state index contributed by atoms with van der Waals surface area (Å²) < 4.78 is 0. The molecule has 1 aliphatic heterocycles. The number of carbonyl (C=O) groups excluding carboxylic acids is 1. The van der Waals surface area contributed by atoms with Crippen LogP contribution in [0.5, 0.6) is 0 Å². The second kappa shape index (κ2) is 7.73. The van der Waals surface area contributed by atoms with Gasteiger partial charge in [-0.3, -0.25) is 4.79 Å². The Hall–Kier alpha value is -1.98. The highest BCUT2D eigenvalue weighted by Crippen LogP contribution is 2.20. The largest absolute Gasteiger partial charge is 0.369 e. The number of rotatable bonds is 4. The second-order valence-electron chi connectivity index (χ2n) is 6.02. The van der Waals surface area contributed by atoms with Crippen LogP contribution in [-0.4, -0.2) is 50.3 Å². The fourth-order valence-corrected chi connectivity index (χ4v) is 3.17. The quantitative estimate of drug-likeness (QED) is 0.865. The number of hydrogen-bond donors (Lipinski definition) is 1. The number of nitrogens with one attached hydrogen (secondary N) is 1. The zero-order valence-corrected chi connectivity index (χ0v) is 15.0. The molecule has 0 bridgehead atoms. The first-order chi connectivity index (χ1) is 11.7. The molecule has 1 fully saturated rings. The minimum atomic E-state index is -0.0741. The van der Waals surface area contributed by atoms with E-state index in [2.05, 4.69) is 34.3 Å². The van der Waals surface area contributed by atoms with Crippen molar-refractivity contribution in [2.45, 2.75) is 4.90 Å². The van der Waals surface area contributed by atoms with E-state index < -0.39 is 0 Å². The molecule has 1 saturated heterocycles. The van der Waals surface area contributed by atoms with Gasteiger partial charge in [0.2, 0.25) is 0 Å². The smallest absolute Gasteiger partial charge is 0.255 e. The summed E-state index contributed by atoms with van der Waals surface area (Å²) in [4.78, 5) is 18.2. The summed E-state index contributed by atoms with van der Waals surface area (Å²) in [6.45, 7) is 4.27. The molecule has 0 spiro atoms. The van der Waals surface area contributed by atoms with Crippen LogP contribution in [0.1, 0.15) is 10.4 Å². The number of benzene rings is 2. The first kappa shape index (κ1) is 16.9. The summed E-state index contributed by atoms with van der Waals surface area (Å²) in [6, 6.07) is 15.8. The van der Waals surface area contributed by atoms with Crippen molar-refractivity contribution in [1.29, 1.82) is 0 Å². The van der Waals surface area contributed by atoms with Crippen molar-refractivity contribution < 1.29 is 4.79 Å². The van der Waals surface area contributed by atoms with Crippen LogP contribution in [0.15, 0.2) is 53.4 Å². The highest BCUT2D eigenvalue weighted by molar-refractivity contribution is 7.98. The number of piperazine rings is 1. The van der Waals surface area contributed by atoms with E-state index in [9.17, 15) is 4.79 Å². The van der Waals surface area contributed by atoms with Gasteiger partial charge in [-0.1, -0.05) is 0 Å². The Morgan fingerprint density at radius 1 is 0.958 bits per heavy atom. The van der Waals surface area contributed by atoms with Gasteiger partial charge in [-0.05, 0) is 61.8 Å². The lowest BCUT2D eigenvalue weighted by molar-refractivity contribution is 0.102. The molecule has 0 unspecified atom stereocenters. The van der Waals surface area contributed by atoms with E-state index in [-0.39, 0.29) is 5.91 Å². The van der Waals surface area contributed by atoms with E-state index in [0.717, 1.165) is 36.8 Å². The molecule has 5 heteroatoms. The standard InChI is InChI=1S/C19H23N3OS/c1-21-11-13-22(14-12-21)17-7-5-16(6-8-17)20-19(23)15-3-9-18(24-2)10-4-15/h3-10H,11-14H2,1-2H3,(H,20,23). The van der Waals surface area contributed by atoms with Crippen LogP contribution in [0.4, 0.5) is 11.4 Å². The van der Waals surface area contributed by atoms with Crippen LogP contribution < -0.4 is 10.2 Å². The molecule has 0 atom stereocenters. The molecule has 0 saturated carbocycles. The molecule has 4 nitrogen and oxygen atoms in total. The van der Waals surface area contributed by atoms with Crippen LogP contribution in [0.2, 0.25) is 0 Å². The van der Waals surface area contributed by atoms with Crippen LogP contribution in [-0.2, 0) is 0 Å². The highest BCUT2D eigenvalue weighted by atomic mass is 32.2. The highest BCUT2D eigenvalue weighted by Gasteiger charge is 2.14. The van der Waals surface area contributed by atoms with E-state index in [4.69, 9.17) is 0 Å². The topological polar surface area (TPSA) is 35.6 Å². The van der Waals surface area contributed by atoms with Gasteiger partial charge in [0, 0.05) is 48.0 Å². The van der Waals surface area contributed by atoms with Crippen LogP contribution >= 0.6 is 11.8 Å². The number of likely N-dealkylation sites (N-methyl/N-ethyl adjacent to an activating group) is 1. The number of thioether (sulfide) groups is 1. The zero-order valence-electron chi connectivity index (χ0n) is 14.2. The lowest BCUT2D eigenvalue weighted by Gasteiger charge is -2.34. The van der Waals surface area contributed by atoms with Gasteiger partial charge in [0.05, 0.1) is 0 Å². The van der Waals surface area contributed by atoms with Gasteiger partial charge in [-0.25, -0.2) is 0 Å². The Morgan fingerprint density at radius 2 is 1.58 bits per heavy atom. The number of anilines is 2. The van der Waals surface area contributed by atoms with Gasteiger partial charge in [-0.15, -0.1) is 11.8 Å². The maximum absolute atomic E-state index is 12.3.